The molecular formula is C10H15N5S. The fraction of sp³-hybridized carbons (Fsp3) is 0.500. The van der Waals surface area contributed by atoms with Crippen LogP contribution in [0.3, 0.4) is 0 Å². The molecule has 0 fully saturated rings. The van der Waals surface area contributed by atoms with Crippen LogP contribution in [0.4, 0.5) is 0 Å². The minimum Gasteiger partial charge on any atom is -0.337 e. The van der Waals surface area contributed by atoms with Gasteiger partial charge in [-0.3, -0.25) is 9.67 Å². The van der Waals surface area contributed by atoms with Gasteiger partial charge in [0.2, 0.25) is 0 Å². The fourth-order valence-electron chi connectivity index (χ4n) is 1.62. The van der Waals surface area contributed by atoms with Crippen molar-refractivity contribution >= 4 is 12.2 Å². The van der Waals surface area contributed by atoms with Crippen LogP contribution in [0.2, 0.25) is 0 Å². The molecule has 0 aliphatic carbocycles. The molecule has 0 bridgehead atoms. The van der Waals surface area contributed by atoms with E-state index in [4.69, 9.17) is 12.2 Å². The monoisotopic (exact) mass is 237 g/mol. The molecule has 0 aliphatic heterocycles. The van der Waals surface area contributed by atoms with Gasteiger partial charge in [-0.1, -0.05) is 6.92 Å². The van der Waals surface area contributed by atoms with E-state index in [0.29, 0.717) is 11.3 Å². The smallest absolute Gasteiger partial charge is 0.195 e. The van der Waals surface area contributed by atoms with Crippen LogP contribution < -0.4 is 0 Å². The molecule has 0 atom stereocenters. The highest BCUT2D eigenvalue weighted by atomic mass is 32.1. The zero-order valence-corrected chi connectivity index (χ0v) is 10.3. The van der Waals surface area contributed by atoms with E-state index in [1.54, 1.807) is 6.20 Å². The van der Waals surface area contributed by atoms with Gasteiger partial charge in [0.15, 0.2) is 4.77 Å². The van der Waals surface area contributed by atoms with E-state index in [1.165, 1.54) is 0 Å². The van der Waals surface area contributed by atoms with Crippen LogP contribution in [0.15, 0.2) is 12.4 Å². The number of nitrogens with one attached hydrogen (secondary N) is 1. The molecule has 86 valence electrons. The average Bonchev–Trinajstić information content (AvgIpc) is 2.80. The molecule has 0 radical (unpaired) electrons. The summed E-state index contributed by atoms with van der Waals surface area (Å²) in [5.74, 6) is 1.98. The zero-order valence-electron chi connectivity index (χ0n) is 9.47. The number of aromatic amines is 1. The summed E-state index contributed by atoms with van der Waals surface area (Å²) in [6.07, 6.45) is 5.70. The van der Waals surface area contributed by atoms with Crippen LogP contribution >= 0.6 is 12.2 Å². The van der Waals surface area contributed by atoms with E-state index >= 15 is 0 Å². The van der Waals surface area contributed by atoms with Gasteiger partial charge in [-0.05, 0) is 18.6 Å². The van der Waals surface area contributed by atoms with Gasteiger partial charge in [-0.15, -0.1) is 0 Å². The third kappa shape index (κ3) is 2.06. The van der Waals surface area contributed by atoms with Gasteiger partial charge in [-0.2, -0.15) is 5.10 Å². The van der Waals surface area contributed by atoms with Crippen molar-refractivity contribution in [3.05, 3.63) is 28.8 Å². The second-order valence-corrected chi connectivity index (χ2v) is 4.12. The number of H-pyrrole nitrogens is 1. The second kappa shape index (κ2) is 4.61. The topological polar surface area (TPSA) is 51.4 Å². The Balaban J connectivity index is 2.30. The molecule has 0 amide bonds. The van der Waals surface area contributed by atoms with Gasteiger partial charge in [0.1, 0.15) is 11.6 Å². The van der Waals surface area contributed by atoms with Crippen molar-refractivity contribution in [3.8, 4) is 0 Å². The lowest BCUT2D eigenvalue weighted by Crippen LogP contribution is -2.09. The summed E-state index contributed by atoms with van der Waals surface area (Å²) in [6, 6.07) is 0. The Morgan fingerprint density at radius 1 is 1.44 bits per heavy atom. The number of aromatic nitrogens is 5. The van der Waals surface area contributed by atoms with Gasteiger partial charge in [0.25, 0.3) is 0 Å². The zero-order chi connectivity index (χ0) is 11.5. The van der Waals surface area contributed by atoms with Gasteiger partial charge in [0.05, 0.1) is 6.54 Å². The van der Waals surface area contributed by atoms with Crippen molar-refractivity contribution in [2.75, 3.05) is 0 Å². The van der Waals surface area contributed by atoms with Crippen molar-refractivity contribution < 1.29 is 0 Å². The van der Waals surface area contributed by atoms with E-state index in [-0.39, 0.29) is 0 Å². The first-order valence-electron chi connectivity index (χ1n) is 5.32. The van der Waals surface area contributed by atoms with Crippen LogP contribution in [0.1, 0.15) is 25.0 Å². The Labute approximate surface area is 99.1 Å². The standard InChI is InChI=1S/C10H15N5S/c1-3-4-8-12-13-10(16)15(8)7-9-11-5-6-14(9)2/h5-6H,3-4,7H2,1-2H3,(H,13,16). The molecule has 2 heterocycles. The molecule has 2 rings (SSSR count). The average molecular weight is 237 g/mol. The third-order valence-electron chi connectivity index (χ3n) is 2.53. The number of rotatable bonds is 4. The van der Waals surface area contributed by atoms with E-state index < -0.39 is 0 Å². The summed E-state index contributed by atoms with van der Waals surface area (Å²) in [4.78, 5) is 4.29. The Bertz CT molecular complexity index is 521. The van der Waals surface area contributed by atoms with Crippen molar-refractivity contribution in [3.63, 3.8) is 0 Å². The number of hydrogen-bond donors (Lipinski definition) is 1. The van der Waals surface area contributed by atoms with Crippen LogP contribution in [0.5, 0.6) is 0 Å². The molecule has 2 aromatic heterocycles. The van der Waals surface area contributed by atoms with Crippen LogP contribution in [-0.2, 0) is 20.0 Å². The van der Waals surface area contributed by atoms with Gasteiger partial charge in [-0.25, -0.2) is 4.98 Å². The SMILES string of the molecule is CCCc1n[nH]c(=S)n1Cc1nccn1C. The molecule has 0 aliphatic rings. The highest BCUT2D eigenvalue weighted by Gasteiger charge is 2.08. The molecule has 0 spiro atoms. The lowest BCUT2D eigenvalue weighted by Gasteiger charge is -2.05. The molecule has 2 aromatic rings. The summed E-state index contributed by atoms with van der Waals surface area (Å²) in [6.45, 7) is 2.80. The van der Waals surface area contributed by atoms with Crippen molar-refractivity contribution in [2.45, 2.75) is 26.3 Å². The second-order valence-electron chi connectivity index (χ2n) is 3.74. The predicted molar refractivity (Wildman–Crippen MR) is 63.7 cm³/mol. The number of imidazole rings is 1. The maximum Gasteiger partial charge on any atom is 0.195 e. The molecule has 0 unspecified atom stereocenters. The minimum atomic E-state index is 0.659. The van der Waals surface area contributed by atoms with Crippen LogP contribution in [0.25, 0.3) is 0 Å². The summed E-state index contributed by atoms with van der Waals surface area (Å²) in [5, 5.41) is 7.06. The predicted octanol–water partition coefficient (Wildman–Crippen LogP) is 1.67. The van der Waals surface area contributed by atoms with E-state index in [0.717, 1.165) is 24.5 Å². The van der Waals surface area contributed by atoms with Crippen molar-refractivity contribution in [1.82, 2.24) is 24.3 Å². The Morgan fingerprint density at radius 3 is 2.88 bits per heavy atom. The molecule has 0 saturated heterocycles. The van der Waals surface area contributed by atoms with Crippen molar-refractivity contribution in [1.29, 1.82) is 0 Å². The van der Waals surface area contributed by atoms with Gasteiger partial charge in [0, 0.05) is 25.9 Å². The largest absolute Gasteiger partial charge is 0.337 e. The van der Waals surface area contributed by atoms with E-state index in [9.17, 15) is 0 Å². The normalized spacial score (nSPS) is 10.9. The molecule has 6 heteroatoms. The fourth-order valence-corrected chi connectivity index (χ4v) is 1.83. The van der Waals surface area contributed by atoms with Crippen LogP contribution in [-0.4, -0.2) is 24.3 Å². The molecule has 1 N–H and O–H groups in total. The Kier molecular flexibility index (Phi) is 3.19. The van der Waals surface area contributed by atoms with Gasteiger partial charge < -0.3 is 4.57 Å². The maximum absolute atomic E-state index is 5.21. The van der Waals surface area contributed by atoms with Gasteiger partial charge >= 0.3 is 0 Å². The lowest BCUT2D eigenvalue weighted by molar-refractivity contribution is 0.649. The summed E-state index contributed by atoms with van der Waals surface area (Å²) in [5.41, 5.74) is 0. The molecule has 0 saturated carbocycles. The molecule has 16 heavy (non-hydrogen) atoms. The third-order valence-corrected chi connectivity index (χ3v) is 2.84. The Hall–Kier alpha value is -1.43. The lowest BCUT2D eigenvalue weighted by atomic mass is 10.3. The molecule has 0 aromatic carbocycles. The first-order valence-corrected chi connectivity index (χ1v) is 5.73. The Morgan fingerprint density at radius 2 is 2.25 bits per heavy atom. The molecular weight excluding hydrogens is 222 g/mol. The van der Waals surface area contributed by atoms with E-state index in [2.05, 4.69) is 22.1 Å². The van der Waals surface area contributed by atoms with Crippen LogP contribution in [0, 0.1) is 4.77 Å². The minimum absolute atomic E-state index is 0.659. The quantitative estimate of drug-likeness (QED) is 0.823. The number of nitrogens with zero attached hydrogens (tertiary/aromatic N) is 4. The van der Waals surface area contributed by atoms with Crippen molar-refractivity contribution in [2.24, 2.45) is 7.05 Å². The first kappa shape index (κ1) is 11.1. The molecule has 5 nitrogen and oxygen atoms in total. The first-order chi connectivity index (χ1) is 7.72. The summed E-state index contributed by atoms with van der Waals surface area (Å²) in [7, 11) is 1.98. The summed E-state index contributed by atoms with van der Waals surface area (Å²) < 4.78 is 4.65. The summed E-state index contributed by atoms with van der Waals surface area (Å²) >= 11 is 5.21. The number of hydrogen-bond acceptors (Lipinski definition) is 3. The number of aryl methyl sites for hydroxylation is 2. The maximum atomic E-state index is 5.21. The van der Waals surface area contributed by atoms with E-state index in [1.807, 2.05) is 22.4 Å². The highest BCUT2D eigenvalue weighted by molar-refractivity contribution is 7.71. The highest BCUT2D eigenvalue weighted by Crippen LogP contribution is 2.05.